The number of ether oxygens (including phenoxy) is 1. The largest absolute Gasteiger partial charge is 0.470 e. The Balaban J connectivity index is 3.06. The lowest BCUT2D eigenvalue weighted by atomic mass is 10.6. The molecule has 0 fully saturated rings. The minimum atomic E-state index is -0.206. The summed E-state index contributed by atoms with van der Waals surface area (Å²) < 4.78 is 4.57. The van der Waals surface area contributed by atoms with Gasteiger partial charge in [-0.2, -0.15) is 7.05 Å². The van der Waals surface area contributed by atoms with Crippen molar-refractivity contribution in [3.63, 3.8) is 0 Å². The molecule has 0 aliphatic rings. The molecule has 3 nitrogen and oxygen atoms in total. The first-order valence-corrected chi connectivity index (χ1v) is 2.57. The van der Waals surface area contributed by atoms with Crippen LogP contribution >= 0.6 is 0 Å². The van der Waals surface area contributed by atoms with Gasteiger partial charge in [-0.15, -0.1) is 0 Å². The fourth-order valence-corrected chi connectivity index (χ4v) is 0.338. The molecule has 0 radical (unpaired) electrons. The summed E-state index contributed by atoms with van der Waals surface area (Å²) in [5.41, 5.74) is 0. The Hall–Kier alpha value is -0.570. The summed E-state index contributed by atoms with van der Waals surface area (Å²) in [5, 5.41) is 1.53. The van der Waals surface area contributed by atoms with E-state index in [-0.39, 0.29) is 5.97 Å². The third-order valence-electron chi connectivity index (χ3n) is 0.616. The smallest absolute Gasteiger partial charge is 0.359 e. The first kappa shape index (κ1) is 7.43. The van der Waals surface area contributed by atoms with E-state index in [0.717, 1.165) is 0 Å². The molecule has 0 aromatic heterocycles. The Morgan fingerprint density at radius 1 is 1.88 bits per heavy atom. The predicted molar refractivity (Wildman–Crippen MR) is 28.8 cm³/mol. The average Bonchev–Trinajstić information content (AvgIpc) is 1.68. The van der Waals surface area contributed by atoms with Gasteiger partial charge in [0.2, 0.25) is 0 Å². The number of hydrogen-bond donors (Lipinski definition) is 1. The summed E-state index contributed by atoms with van der Waals surface area (Å²) in [6, 6.07) is 0. The molecule has 48 valence electrons. The van der Waals surface area contributed by atoms with Gasteiger partial charge in [0, 0.05) is 0 Å². The number of esters is 1. The first-order chi connectivity index (χ1) is 3.81. The van der Waals surface area contributed by atoms with Crippen LogP contribution in [0.4, 0.5) is 0 Å². The second-order valence-corrected chi connectivity index (χ2v) is 1.30. The Labute approximate surface area is 49.0 Å². The molecule has 3 heteroatoms. The predicted octanol–water partition coefficient (Wildman–Crippen LogP) is -1.10. The Bertz CT molecular complexity index is 64.8. The molecule has 0 aromatic carbocycles. The van der Waals surface area contributed by atoms with Gasteiger partial charge >= 0.3 is 5.97 Å². The van der Waals surface area contributed by atoms with Crippen molar-refractivity contribution in [2.75, 3.05) is 13.2 Å². The Morgan fingerprint density at radius 3 is 2.88 bits per heavy atom. The van der Waals surface area contributed by atoms with Crippen molar-refractivity contribution in [2.24, 2.45) is 0 Å². The van der Waals surface area contributed by atoms with E-state index in [1.165, 1.54) is 5.32 Å². The van der Waals surface area contributed by atoms with Crippen LogP contribution in [0.3, 0.4) is 0 Å². The van der Waals surface area contributed by atoms with Crippen LogP contribution < -0.4 is 5.32 Å². The second kappa shape index (κ2) is 4.59. The van der Waals surface area contributed by atoms with E-state index in [0.29, 0.717) is 13.2 Å². The number of hydrogen-bond acceptors (Lipinski definition) is 2. The Kier molecular flexibility index (Phi) is 4.26. The van der Waals surface area contributed by atoms with Gasteiger partial charge in [-0.3, -0.25) is 0 Å². The lowest BCUT2D eigenvalue weighted by Gasteiger charge is -1.98. The van der Waals surface area contributed by atoms with E-state index in [2.05, 4.69) is 11.8 Å². The fraction of sp³-hybridized carbons (Fsp3) is 0.600. The van der Waals surface area contributed by atoms with E-state index in [1.807, 2.05) is 0 Å². The van der Waals surface area contributed by atoms with Crippen molar-refractivity contribution < 1.29 is 14.8 Å². The molecule has 0 rings (SSSR count). The van der Waals surface area contributed by atoms with Gasteiger partial charge < -0.3 is 10.1 Å². The minimum absolute atomic E-state index is 0.206. The topological polar surface area (TPSA) is 42.9 Å². The summed E-state index contributed by atoms with van der Waals surface area (Å²) in [6.45, 7) is 2.54. The maximum Gasteiger partial charge on any atom is 0.359 e. The van der Waals surface area contributed by atoms with Crippen LogP contribution in [0.15, 0.2) is 0 Å². The van der Waals surface area contributed by atoms with Crippen molar-refractivity contribution in [1.82, 2.24) is 0 Å². The highest BCUT2D eigenvalue weighted by molar-refractivity contribution is 5.70. The van der Waals surface area contributed by atoms with Crippen molar-refractivity contribution in [1.29, 1.82) is 0 Å². The van der Waals surface area contributed by atoms with E-state index in [1.54, 1.807) is 6.92 Å². The van der Waals surface area contributed by atoms with Gasteiger partial charge in [0.05, 0.1) is 6.61 Å². The maximum absolute atomic E-state index is 10.3. The molecular weight excluding hydrogens is 106 g/mol. The van der Waals surface area contributed by atoms with Crippen molar-refractivity contribution in [3.05, 3.63) is 7.05 Å². The normalized spacial score (nSPS) is 8.75. The molecule has 2 N–H and O–H groups in total. The van der Waals surface area contributed by atoms with E-state index in [4.69, 9.17) is 0 Å². The SMILES string of the molecule is [CH2-][NH2+]CC(=O)OCC. The average molecular weight is 117 g/mol. The van der Waals surface area contributed by atoms with Crippen LogP contribution in [0.2, 0.25) is 0 Å². The lowest BCUT2D eigenvalue weighted by Crippen LogP contribution is -2.79. The molecular formula is C5H11NO2. The van der Waals surface area contributed by atoms with Gasteiger partial charge in [-0.25, -0.2) is 4.79 Å². The summed E-state index contributed by atoms with van der Waals surface area (Å²) in [6.07, 6.45) is 0. The maximum atomic E-state index is 10.3. The standard InChI is InChI=1S/C5H11NO2/c1-3-8-5(7)4-6-2/h2-4,6H2,1H3. The molecule has 0 spiro atoms. The van der Waals surface area contributed by atoms with E-state index < -0.39 is 0 Å². The van der Waals surface area contributed by atoms with Gasteiger partial charge in [-0.05, 0) is 6.92 Å². The van der Waals surface area contributed by atoms with Crippen molar-refractivity contribution in [2.45, 2.75) is 6.92 Å². The third kappa shape index (κ3) is 3.61. The van der Waals surface area contributed by atoms with Crippen molar-refractivity contribution in [3.8, 4) is 0 Å². The molecule has 0 saturated carbocycles. The zero-order chi connectivity index (χ0) is 6.41. The highest BCUT2D eigenvalue weighted by Crippen LogP contribution is 1.69. The van der Waals surface area contributed by atoms with Gasteiger partial charge in [0.15, 0.2) is 6.54 Å². The number of carbonyl (C=O) groups is 1. The monoisotopic (exact) mass is 117 g/mol. The highest BCUT2D eigenvalue weighted by Gasteiger charge is 1.96. The van der Waals surface area contributed by atoms with Gasteiger partial charge in [-0.1, -0.05) is 0 Å². The van der Waals surface area contributed by atoms with Crippen LogP contribution in [0.1, 0.15) is 6.92 Å². The Morgan fingerprint density at radius 2 is 2.50 bits per heavy atom. The van der Waals surface area contributed by atoms with Crippen LogP contribution in [-0.2, 0) is 9.53 Å². The molecule has 0 bridgehead atoms. The molecule has 0 atom stereocenters. The molecule has 8 heavy (non-hydrogen) atoms. The van der Waals surface area contributed by atoms with Crippen LogP contribution in [0.25, 0.3) is 0 Å². The van der Waals surface area contributed by atoms with Crippen LogP contribution in [0.5, 0.6) is 0 Å². The molecule has 0 aliphatic carbocycles. The number of rotatable bonds is 3. The molecule has 0 aliphatic heterocycles. The van der Waals surface area contributed by atoms with Gasteiger partial charge in [0.1, 0.15) is 0 Å². The first-order valence-electron chi connectivity index (χ1n) is 2.57. The van der Waals surface area contributed by atoms with E-state index in [9.17, 15) is 4.79 Å². The zero-order valence-electron chi connectivity index (χ0n) is 5.02. The number of quaternary nitrogens is 1. The zero-order valence-corrected chi connectivity index (χ0v) is 5.02. The summed E-state index contributed by atoms with van der Waals surface area (Å²) in [7, 11) is 3.38. The fourth-order valence-electron chi connectivity index (χ4n) is 0.338. The molecule has 0 amide bonds. The lowest BCUT2D eigenvalue weighted by molar-refractivity contribution is -0.585. The van der Waals surface area contributed by atoms with Gasteiger partial charge in [0.25, 0.3) is 0 Å². The molecule has 0 aromatic rings. The van der Waals surface area contributed by atoms with Crippen LogP contribution in [0, 0.1) is 7.05 Å². The van der Waals surface area contributed by atoms with Crippen LogP contribution in [-0.4, -0.2) is 19.1 Å². The summed E-state index contributed by atoms with van der Waals surface area (Å²) in [4.78, 5) is 10.3. The molecule has 0 unspecified atom stereocenters. The quantitative estimate of drug-likeness (QED) is 0.377. The number of carbonyl (C=O) groups excluding carboxylic acids is 1. The second-order valence-electron chi connectivity index (χ2n) is 1.30. The summed E-state index contributed by atoms with van der Waals surface area (Å²) in [5.74, 6) is -0.206. The van der Waals surface area contributed by atoms with E-state index >= 15 is 0 Å². The highest BCUT2D eigenvalue weighted by atomic mass is 16.5. The number of nitrogens with two attached hydrogens (primary N) is 1. The summed E-state index contributed by atoms with van der Waals surface area (Å²) >= 11 is 0. The van der Waals surface area contributed by atoms with Crippen molar-refractivity contribution >= 4 is 5.97 Å². The minimum Gasteiger partial charge on any atom is -0.470 e. The molecule has 0 saturated heterocycles. The third-order valence-corrected chi connectivity index (χ3v) is 0.616. The molecule has 0 heterocycles.